The van der Waals surface area contributed by atoms with Gasteiger partial charge in [0.25, 0.3) is 0 Å². The molecular weight excluding hydrogens is 242 g/mol. The molecule has 0 aliphatic rings. The Kier molecular flexibility index (Phi) is 6.87. The number of rotatable bonds is 6. The van der Waals surface area contributed by atoms with Gasteiger partial charge in [-0.15, -0.1) is 0 Å². The van der Waals surface area contributed by atoms with Gasteiger partial charge in [-0.1, -0.05) is 39.5 Å². The lowest BCUT2D eigenvalue weighted by atomic mass is 10.2. The first-order valence-electron chi connectivity index (χ1n) is 5.45. The molecule has 6 heteroatoms. The van der Waals surface area contributed by atoms with E-state index in [1.807, 2.05) is 0 Å². The molecule has 0 aliphatic heterocycles. The summed E-state index contributed by atoms with van der Waals surface area (Å²) in [6, 6.07) is -1.02. The summed E-state index contributed by atoms with van der Waals surface area (Å²) in [6.07, 6.45) is 0. The summed E-state index contributed by atoms with van der Waals surface area (Å²) in [6.45, 7) is 6.86. The lowest BCUT2D eigenvalue weighted by Gasteiger charge is -2.15. The van der Waals surface area contributed by atoms with Gasteiger partial charge in [-0.3, -0.25) is 9.59 Å². The second kappa shape index (κ2) is 7.32. The molecule has 0 aliphatic carbocycles. The predicted octanol–water partition coefficient (Wildman–Crippen LogP) is 1.13. The fourth-order valence-corrected chi connectivity index (χ4v) is 1.74. The molecule has 0 radical (unpaired) electrons. The van der Waals surface area contributed by atoms with E-state index in [1.165, 1.54) is 0 Å². The van der Waals surface area contributed by atoms with Gasteiger partial charge in [0, 0.05) is 17.6 Å². The molecule has 0 fully saturated rings. The molecule has 0 aromatic carbocycles. The minimum atomic E-state index is -1.12. The van der Waals surface area contributed by atoms with Crippen molar-refractivity contribution in [3.8, 4) is 0 Å². The van der Waals surface area contributed by atoms with Crippen molar-refractivity contribution in [2.75, 3.05) is 5.75 Å². The number of aliphatic carboxylic acids is 1. The first kappa shape index (κ1) is 16.0. The van der Waals surface area contributed by atoms with Gasteiger partial charge in [-0.2, -0.15) is 0 Å². The number of amides is 1. The first-order chi connectivity index (χ1) is 7.75. The first-order valence-corrected chi connectivity index (χ1v) is 6.44. The molecule has 0 saturated carbocycles. The average molecular weight is 261 g/mol. The SMILES string of the molecule is CC(C)C(=O)N[C@@H](CSC(=O)C(C)C)C(=O)O. The summed E-state index contributed by atoms with van der Waals surface area (Å²) in [5.41, 5.74) is 0. The number of hydrogen-bond donors (Lipinski definition) is 2. The Morgan fingerprint density at radius 1 is 1.12 bits per heavy atom. The van der Waals surface area contributed by atoms with E-state index in [0.717, 1.165) is 11.8 Å². The molecule has 0 bridgehead atoms. The van der Waals surface area contributed by atoms with E-state index in [2.05, 4.69) is 5.32 Å². The van der Waals surface area contributed by atoms with Gasteiger partial charge in [0.1, 0.15) is 6.04 Å². The molecular formula is C11H19NO4S. The second-order valence-electron chi connectivity index (χ2n) is 4.34. The van der Waals surface area contributed by atoms with Crippen LogP contribution in [-0.2, 0) is 14.4 Å². The highest BCUT2D eigenvalue weighted by Crippen LogP contribution is 2.12. The van der Waals surface area contributed by atoms with Gasteiger partial charge in [0.05, 0.1) is 0 Å². The largest absolute Gasteiger partial charge is 0.480 e. The standard InChI is InChI=1S/C11H19NO4S/c1-6(2)9(13)12-8(10(14)15)5-17-11(16)7(3)4/h6-8H,5H2,1-4H3,(H,12,13)(H,14,15)/t8-/m0/s1. The van der Waals surface area contributed by atoms with Crippen molar-refractivity contribution in [3.63, 3.8) is 0 Å². The number of carbonyl (C=O) groups excluding carboxylic acids is 2. The van der Waals surface area contributed by atoms with Crippen LogP contribution >= 0.6 is 11.8 Å². The van der Waals surface area contributed by atoms with Gasteiger partial charge in [0.2, 0.25) is 5.91 Å². The molecule has 0 heterocycles. The van der Waals surface area contributed by atoms with Gasteiger partial charge in [0.15, 0.2) is 5.12 Å². The number of nitrogens with one attached hydrogen (secondary N) is 1. The zero-order valence-electron chi connectivity index (χ0n) is 10.5. The molecule has 5 nitrogen and oxygen atoms in total. The molecule has 2 N–H and O–H groups in total. The van der Waals surface area contributed by atoms with Crippen LogP contribution in [0.1, 0.15) is 27.7 Å². The molecule has 1 atom stereocenters. The van der Waals surface area contributed by atoms with Crippen molar-refractivity contribution in [2.24, 2.45) is 11.8 Å². The Morgan fingerprint density at radius 3 is 2.00 bits per heavy atom. The molecule has 0 spiro atoms. The highest BCUT2D eigenvalue weighted by Gasteiger charge is 2.23. The summed E-state index contributed by atoms with van der Waals surface area (Å²) in [7, 11) is 0. The van der Waals surface area contributed by atoms with Crippen LogP contribution in [0.5, 0.6) is 0 Å². The van der Waals surface area contributed by atoms with Gasteiger partial charge in [-0.25, -0.2) is 4.79 Å². The van der Waals surface area contributed by atoms with Crippen molar-refractivity contribution in [1.82, 2.24) is 5.32 Å². The van der Waals surface area contributed by atoms with Crippen LogP contribution in [-0.4, -0.2) is 33.9 Å². The van der Waals surface area contributed by atoms with Crippen molar-refractivity contribution >= 4 is 28.8 Å². The topological polar surface area (TPSA) is 83.5 Å². The average Bonchev–Trinajstić information content (AvgIpc) is 2.22. The van der Waals surface area contributed by atoms with Crippen LogP contribution in [0.4, 0.5) is 0 Å². The third-order valence-corrected chi connectivity index (χ3v) is 3.26. The van der Waals surface area contributed by atoms with E-state index >= 15 is 0 Å². The minimum absolute atomic E-state index is 0.0603. The monoisotopic (exact) mass is 261 g/mol. The van der Waals surface area contributed by atoms with Crippen molar-refractivity contribution in [1.29, 1.82) is 0 Å². The van der Waals surface area contributed by atoms with Gasteiger partial charge in [-0.05, 0) is 0 Å². The van der Waals surface area contributed by atoms with E-state index in [1.54, 1.807) is 27.7 Å². The maximum Gasteiger partial charge on any atom is 0.327 e. The Bertz CT molecular complexity index is 302. The van der Waals surface area contributed by atoms with E-state index in [0.29, 0.717) is 0 Å². The summed E-state index contributed by atoms with van der Waals surface area (Å²) in [4.78, 5) is 33.6. The molecule has 0 rings (SSSR count). The highest BCUT2D eigenvalue weighted by atomic mass is 32.2. The number of carboxylic acid groups (broad SMARTS) is 1. The fourth-order valence-electron chi connectivity index (χ4n) is 0.845. The van der Waals surface area contributed by atoms with Gasteiger partial charge < -0.3 is 10.4 Å². The Morgan fingerprint density at radius 2 is 1.65 bits per heavy atom. The van der Waals surface area contributed by atoms with Crippen molar-refractivity contribution < 1.29 is 19.5 Å². The van der Waals surface area contributed by atoms with E-state index in [4.69, 9.17) is 5.11 Å². The molecule has 17 heavy (non-hydrogen) atoms. The van der Waals surface area contributed by atoms with Crippen LogP contribution < -0.4 is 5.32 Å². The Hall–Kier alpha value is -1.04. The highest BCUT2D eigenvalue weighted by molar-refractivity contribution is 8.13. The summed E-state index contributed by atoms with van der Waals surface area (Å²) in [5, 5.41) is 11.2. The van der Waals surface area contributed by atoms with E-state index in [9.17, 15) is 14.4 Å². The maximum atomic E-state index is 11.4. The summed E-state index contributed by atoms with van der Waals surface area (Å²) in [5.74, 6) is -1.80. The quantitative estimate of drug-likeness (QED) is 0.748. The smallest absolute Gasteiger partial charge is 0.327 e. The summed E-state index contributed by atoms with van der Waals surface area (Å²) >= 11 is 0.940. The second-order valence-corrected chi connectivity index (χ2v) is 5.36. The van der Waals surface area contributed by atoms with Crippen LogP contribution in [0, 0.1) is 11.8 Å². The molecule has 0 saturated heterocycles. The lowest BCUT2D eigenvalue weighted by Crippen LogP contribution is -2.44. The van der Waals surface area contributed by atoms with Crippen molar-refractivity contribution in [3.05, 3.63) is 0 Å². The van der Waals surface area contributed by atoms with E-state index < -0.39 is 12.0 Å². The number of hydrogen-bond acceptors (Lipinski definition) is 4. The molecule has 0 aromatic heterocycles. The summed E-state index contributed by atoms with van der Waals surface area (Å²) < 4.78 is 0. The zero-order chi connectivity index (χ0) is 13.6. The Balaban J connectivity index is 4.31. The number of carboxylic acids is 1. The van der Waals surface area contributed by atoms with Crippen LogP contribution in [0.15, 0.2) is 0 Å². The zero-order valence-corrected chi connectivity index (χ0v) is 11.3. The van der Waals surface area contributed by atoms with Crippen LogP contribution in [0.3, 0.4) is 0 Å². The van der Waals surface area contributed by atoms with Crippen LogP contribution in [0.25, 0.3) is 0 Å². The normalized spacial score (nSPS) is 12.6. The maximum absolute atomic E-state index is 11.4. The van der Waals surface area contributed by atoms with Gasteiger partial charge >= 0.3 is 5.97 Å². The third kappa shape index (κ3) is 6.31. The van der Waals surface area contributed by atoms with Crippen LogP contribution in [0.2, 0.25) is 0 Å². The molecule has 0 unspecified atom stereocenters. The third-order valence-electron chi connectivity index (χ3n) is 2.00. The number of carbonyl (C=O) groups is 3. The molecule has 1 amide bonds. The van der Waals surface area contributed by atoms with Crippen molar-refractivity contribution in [2.45, 2.75) is 33.7 Å². The van der Waals surface area contributed by atoms with E-state index in [-0.39, 0.29) is 28.6 Å². The predicted molar refractivity (Wildman–Crippen MR) is 66.7 cm³/mol. The fraction of sp³-hybridized carbons (Fsp3) is 0.727. The molecule has 0 aromatic rings. The lowest BCUT2D eigenvalue weighted by molar-refractivity contribution is -0.141. The minimum Gasteiger partial charge on any atom is -0.480 e. The number of thioether (sulfide) groups is 1. The molecule has 98 valence electrons. The Labute approximate surface area is 105 Å².